The zero-order valence-corrected chi connectivity index (χ0v) is 17.3. The molecule has 0 radical (unpaired) electrons. The molecule has 1 saturated carbocycles. The highest BCUT2D eigenvalue weighted by Crippen LogP contribution is 2.46. The molecule has 1 amide bonds. The first-order chi connectivity index (χ1) is 13.5. The molecular weight excluding hydrogens is 352 g/mol. The number of piperidine rings is 1. The molecule has 152 valence electrons. The highest BCUT2D eigenvalue weighted by Gasteiger charge is 2.43. The fraction of sp³-hybridized carbons (Fsp3) is 0.636. The summed E-state index contributed by atoms with van der Waals surface area (Å²) in [4.78, 5) is 15.1. The van der Waals surface area contributed by atoms with Gasteiger partial charge in [0.1, 0.15) is 5.76 Å². The van der Waals surface area contributed by atoms with Crippen LogP contribution in [0.25, 0.3) is 0 Å². The first-order valence-electron chi connectivity index (χ1n) is 10.6. The van der Waals surface area contributed by atoms with E-state index in [0.29, 0.717) is 12.3 Å². The molecule has 1 aliphatic carbocycles. The smallest absolute Gasteiger partial charge is 0.287 e. The van der Waals surface area contributed by atoms with E-state index in [2.05, 4.69) is 39.9 Å². The number of nitrogens with one attached hydrogen (secondary N) is 1. The maximum absolute atomic E-state index is 12.6. The van der Waals surface area contributed by atoms with Crippen molar-refractivity contribution in [2.24, 2.45) is 5.41 Å². The van der Waals surface area contributed by atoms with E-state index in [1.165, 1.54) is 25.0 Å². The summed E-state index contributed by atoms with van der Waals surface area (Å²) in [6, 6.07) is 6.09. The molecule has 2 aliphatic rings. The Labute approximate surface area is 167 Å². The van der Waals surface area contributed by atoms with Gasteiger partial charge in [0.05, 0.1) is 11.7 Å². The van der Waals surface area contributed by atoms with Crippen LogP contribution in [-0.4, -0.2) is 40.2 Å². The summed E-state index contributed by atoms with van der Waals surface area (Å²) in [7, 11) is 0. The molecule has 6 heteroatoms. The molecule has 2 aromatic heterocycles. The van der Waals surface area contributed by atoms with E-state index in [1.54, 1.807) is 0 Å². The number of furan rings is 1. The van der Waals surface area contributed by atoms with Crippen molar-refractivity contribution < 1.29 is 9.21 Å². The van der Waals surface area contributed by atoms with Crippen LogP contribution in [0.2, 0.25) is 0 Å². The quantitative estimate of drug-likeness (QED) is 0.788. The minimum atomic E-state index is -0.114. The molecule has 3 heterocycles. The lowest BCUT2D eigenvalue weighted by Gasteiger charge is -2.31. The summed E-state index contributed by atoms with van der Waals surface area (Å²) < 4.78 is 7.98. The van der Waals surface area contributed by atoms with Gasteiger partial charge in [-0.3, -0.25) is 14.4 Å². The zero-order chi connectivity index (χ0) is 19.7. The lowest BCUT2D eigenvalue weighted by atomic mass is 10.1. The number of amides is 1. The molecule has 0 spiro atoms. The Balaban J connectivity index is 1.33. The van der Waals surface area contributed by atoms with E-state index in [0.717, 1.165) is 43.9 Å². The topological polar surface area (TPSA) is 63.3 Å². The number of likely N-dealkylation sites (tertiary alicyclic amines) is 1. The van der Waals surface area contributed by atoms with Gasteiger partial charge in [-0.2, -0.15) is 5.10 Å². The van der Waals surface area contributed by atoms with Crippen molar-refractivity contribution in [1.82, 2.24) is 20.0 Å². The van der Waals surface area contributed by atoms with Gasteiger partial charge in [-0.1, -0.05) is 6.42 Å². The summed E-state index contributed by atoms with van der Waals surface area (Å²) in [6.07, 6.45) is 6.06. The van der Waals surface area contributed by atoms with E-state index < -0.39 is 0 Å². The van der Waals surface area contributed by atoms with Gasteiger partial charge < -0.3 is 9.73 Å². The molecule has 0 aromatic carbocycles. The van der Waals surface area contributed by atoms with Gasteiger partial charge in [0.2, 0.25) is 0 Å². The molecule has 2 aromatic rings. The van der Waals surface area contributed by atoms with Gasteiger partial charge in [0.15, 0.2) is 5.76 Å². The average molecular weight is 385 g/mol. The summed E-state index contributed by atoms with van der Waals surface area (Å²) in [5.74, 6) is 1.19. The van der Waals surface area contributed by atoms with Crippen LogP contribution in [0.3, 0.4) is 0 Å². The van der Waals surface area contributed by atoms with Crippen LogP contribution in [0.15, 0.2) is 22.6 Å². The molecule has 1 atom stereocenters. The highest BCUT2D eigenvalue weighted by molar-refractivity contribution is 5.91. The van der Waals surface area contributed by atoms with Gasteiger partial charge in [0.25, 0.3) is 5.91 Å². The van der Waals surface area contributed by atoms with Gasteiger partial charge in [-0.05, 0) is 77.7 Å². The molecule has 6 nitrogen and oxygen atoms in total. The molecule has 0 bridgehead atoms. The van der Waals surface area contributed by atoms with Gasteiger partial charge in [-0.15, -0.1) is 0 Å². The van der Waals surface area contributed by atoms with Crippen molar-refractivity contribution in [2.75, 3.05) is 19.6 Å². The number of nitrogens with zero attached hydrogens (tertiary/aromatic N) is 3. The molecule has 4 rings (SSSR count). The largest absolute Gasteiger partial charge is 0.454 e. The number of hydrogen-bond donors (Lipinski definition) is 1. The molecule has 2 fully saturated rings. The van der Waals surface area contributed by atoms with Crippen molar-refractivity contribution in [1.29, 1.82) is 0 Å². The van der Waals surface area contributed by atoms with Crippen LogP contribution in [0, 0.1) is 19.3 Å². The Morgan fingerprint density at radius 3 is 2.64 bits per heavy atom. The van der Waals surface area contributed by atoms with E-state index in [4.69, 9.17) is 4.42 Å². The average Bonchev–Trinajstić information content (AvgIpc) is 3.14. The zero-order valence-electron chi connectivity index (χ0n) is 17.3. The second-order valence-corrected chi connectivity index (χ2v) is 8.74. The number of carbonyl (C=O) groups is 1. The Hall–Kier alpha value is -2.08. The second-order valence-electron chi connectivity index (χ2n) is 8.74. The highest BCUT2D eigenvalue weighted by atomic mass is 16.4. The Bertz CT molecular complexity index is 827. The van der Waals surface area contributed by atoms with Crippen molar-refractivity contribution in [3.05, 3.63) is 41.1 Å². The standard InChI is InChI=1S/C22H32N4O2/c1-16-13-17(2)26(24-16)15-22(9-10-22)14-23-21(27)20-8-7-19(28-20)18(3)25-11-5-4-6-12-25/h7-8,13,18H,4-6,9-12,14-15H2,1-3H3,(H,23,27). The maximum atomic E-state index is 12.6. The Kier molecular flexibility index (Phi) is 5.32. The van der Waals surface area contributed by atoms with E-state index >= 15 is 0 Å². The number of aromatic nitrogens is 2. The maximum Gasteiger partial charge on any atom is 0.287 e. The van der Waals surface area contributed by atoms with Crippen molar-refractivity contribution in [3.63, 3.8) is 0 Å². The number of aryl methyl sites for hydroxylation is 2. The monoisotopic (exact) mass is 384 g/mol. The fourth-order valence-corrected chi connectivity index (χ4v) is 4.26. The van der Waals surface area contributed by atoms with Gasteiger partial charge >= 0.3 is 0 Å². The lowest BCUT2D eigenvalue weighted by molar-refractivity contribution is 0.0905. The van der Waals surface area contributed by atoms with Crippen LogP contribution in [-0.2, 0) is 6.54 Å². The summed E-state index contributed by atoms with van der Waals surface area (Å²) in [5.41, 5.74) is 2.36. The summed E-state index contributed by atoms with van der Waals surface area (Å²) >= 11 is 0. The first kappa shape index (κ1) is 19.2. The predicted molar refractivity (Wildman–Crippen MR) is 108 cm³/mol. The van der Waals surface area contributed by atoms with Gasteiger partial charge in [-0.25, -0.2) is 0 Å². The normalized spacial score (nSPS) is 20.1. The van der Waals surface area contributed by atoms with Crippen LogP contribution < -0.4 is 5.32 Å². The third kappa shape index (κ3) is 4.17. The van der Waals surface area contributed by atoms with E-state index in [9.17, 15) is 4.79 Å². The minimum absolute atomic E-state index is 0.114. The molecule has 1 unspecified atom stereocenters. The molecular formula is C22H32N4O2. The summed E-state index contributed by atoms with van der Waals surface area (Å²) in [6.45, 7) is 10.0. The minimum Gasteiger partial charge on any atom is -0.454 e. The predicted octanol–water partition coefficient (Wildman–Crippen LogP) is 3.85. The van der Waals surface area contributed by atoms with Crippen molar-refractivity contribution >= 4 is 5.91 Å². The van der Waals surface area contributed by atoms with Crippen LogP contribution in [0.1, 0.15) is 72.8 Å². The SMILES string of the molecule is Cc1cc(C)n(CC2(CNC(=O)c3ccc(C(C)N4CCCCC4)o3)CC2)n1. The first-order valence-corrected chi connectivity index (χ1v) is 10.6. The second kappa shape index (κ2) is 7.74. The number of carbonyl (C=O) groups excluding carboxylic acids is 1. The third-order valence-electron chi connectivity index (χ3n) is 6.37. The Morgan fingerprint density at radius 2 is 2.00 bits per heavy atom. The van der Waals surface area contributed by atoms with E-state index in [-0.39, 0.29) is 17.4 Å². The van der Waals surface area contributed by atoms with Crippen LogP contribution in [0.4, 0.5) is 0 Å². The lowest BCUT2D eigenvalue weighted by Crippen LogP contribution is -2.33. The molecule has 28 heavy (non-hydrogen) atoms. The van der Waals surface area contributed by atoms with E-state index in [1.807, 2.05) is 19.1 Å². The number of rotatable bonds is 7. The van der Waals surface area contributed by atoms with Crippen molar-refractivity contribution in [2.45, 2.75) is 65.5 Å². The molecule has 1 N–H and O–H groups in total. The van der Waals surface area contributed by atoms with Crippen LogP contribution in [0.5, 0.6) is 0 Å². The van der Waals surface area contributed by atoms with Crippen molar-refractivity contribution in [3.8, 4) is 0 Å². The fourth-order valence-electron chi connectivity index (χ4n) is 4.26. The summed E-state index contributed by atoms with van der Waals surface area (Å²) in [5, 5.41) is 7.66. The third-order valence-corrected chi connectivity index (χ3v) is 6.37. The Morgan fingerprint density at radius 1 is 1.25 bits per heavy atom. The molecule has 1 saturated heterocycles. The van der Waals surface area contributed by atoms with Gasteiger partial charge in [0, 0.05) is 24.2 Å². The number of hydrogen-bond acceptors (Lipinski definition) is 4. The molecule has 1 aliphatic heterocycles. The van der Waals surface area contributed by atoms with Crippen LogP contribution >= 0.6 is 0 Å².